The van der Waals surface area contributed by atoms with Crippen molar-refractivity contribution in [3.8, 4) is 0 Å². The van der Waals surface area contributed by atoms with E-state index < -0.39 is 0 Å². The first-order valence-electron chi connectivity index (χ1n) is 6.32. The molecule has 2 unspecified atom stereocenters. The minimum absolute atomic E-state index is 0.00273. The predicted octanol–water partition coefficient (Wildman–Crippen LogP) is 2.39. The molecule has 2 rings (SSSR count). The van der Waals surface area contributed by atoms with Crippen LogP contribution in [0.5, 0.6) is 0 Å². The maximum absolute atomic E-state index is 13.3. The Morgan fingerprint density at radius 2 is 2.17 bits per heavy atom. The molecule has 1 aliphatic rings. The molecule has 1 saturated carbocycles. The van der Waals surface area contributed by atoms with Crippen LogP contribution in [0, 0.1) is 11.7 Å². The monoisotopic (exact) mass is 251 g/mol. The summed E-state index contributed by atoms with van der Waals surface area (Å²) < 4.78 is 18.5. The minimum Gasteiger partial charge on any atom is -0.460 e. The van der Waals surface area contributed by atoms with Crippen molar-refractivity contribution in [3.05, 3.63) is 35.6 Å². The molecule has 4 heteroatoms. The van der Waals surface area contributed by atoms with Gasteiger partial charge in [-0.05, 0) is 25.3 Å². The summed E-state index contributed by atoms with van der Waals surface area (Å²) in [5, 5.41) is 0. The molecule has 0 bridgehead atoms. The summed E-state index contributed by atoms with van der Waals surface area (Å²) in [5.74, 6) is -0.723. The van der Waals surface area contributed by atoms with Gasteiger partial charge in [0, 0.05) is 11.6 Å². The Morgan fingerprint density at radius 1 is 1.39 bits per heavy atom. The van der Waals surface area contributed by atoms with E-state index >= 15 is 0 Å². The van der Waals surface area contributed by atoms with E-state index in [0.717, 1.165) is 19.3 Å². The number of rotatable bonds is 3. The number of ether oxygens (including phenoxy) is 1. The number of halogens is 1. The van der Waals surface area contributed by atoms with Crippen molar-refractivity contribution in [1.82, 2.24) is 0 Å². The molecule has 0 radical (unpaired) electrons. The molecule has 1 aliphatic carbocycles. The number of carbonyl (C=O) groups is 1. The molecule has 0 spiro atoms. The third-order valence-corrected chi connectivity index (χ3v) is 3.38. The first kappa shape index (κ1) is 13.0. The van der Waals surface area contributed by atoms with Crippen LogP contribution in [0.3, 0.4) is 0 Å². The Hall–Kier alpha value is -1.42. The van der Waals surface area contributed by atoms with Gasteiger partial charge in [0.15, 0.2) is 0 Å². The SMILES string of the molecule is NC1CCCC(C(=O)OCc2ccccc2F)C1. The fourth-order valence-electron chi connectivity index (χ4n) is 2.32. The molecule has 2 atom stereocenters. The van der Waals surface area contributed by atoms with Gasteiger partial charge in [0.05, 0.1) is 5.92 Å². The molecule has 0 saturated heterocycles. The molecule has 0 amide bonds. The molecule has 3 nitrogen and oxygen atoms in total. The van der Waals surface area contributed by atoms with Gasteiger partial charge in [-0.25, -0.2) is 4.39 Å². The topological polar surface area (TPSA) is 52.3 Å². The second-order valence-corrected chi connectivity index (χ2v) is 4.82. The van der Waals surface area contributed by atoms with Gasteiger partial charge in [-0.15, -0.1) is 0 Å². The van der Waals surface area contributed by atoms with Gasteiger partial charge in [-0.2, -0.15) is 0 Å². The molecular weight excluding hydrogens is 233 g/mol. The highest BCUT2D eigenvalue weighted by atomic mass is 19.1. The molecule has 1 aromatic carbocycles. The van der Waals surface area contributed by atoms with Crippen LogP contribution in [-0.4, -0.2) is 12.0 Å². The Balaban J connectivity index is 1.86. The average molecular weight is 251 g/mol. The van der Waals surface area contributed by atoms with E-state index in [2.05, 4.69) is 0 Å². The molecule has 1 aromatic rings. The minimum atomic E-state index is -0.342. The number of esters is 1. The van der Waals surface area contributed by atoms with Crippen LogP contribution < -0.4 is 5.73 Å². The molecular formula is C14H18FNO2. The van der Waals surface area contributed by atoms with Gasteiger partial charge >= 0.3 is 5.97 Å². The zero-order valence-electron chi connectivity index (χ0n) is 10.3. The molecule has 0 aliphatic heterocycles. The number of carbonyl (C=O) groups excluding carboxylic acids is 1. The van der Waals surface area contributed by atoms with Crippen LogP contribution in [0.2, 0.25) is 0 Å². The number of hydrogen-bond donors (Lipinski definition) is 1. The molecule has 0 aromatic heterocycles. The van der Waals surface area contributed by atoms with Crippen molar-refractivity contribution in [2.75, 3.05) is 0 Å². The van der Waals surface area contributed by atoms with Crippen LogP contribution in [0.4, 0.5) is 4.39 Å². The number of benzene rings is 1. The second-order valence-electron chi connectivity index (χ2n) is 4.82. The summed E-state index contributed by atoms with van der Waals surface area (Å²) in [5.41, 5.74) is 6.23. The first-order chi connectivity index (χ1) is 8.66. The van der Waals surface area contributed by atoms with E-state index in [1.54, 1.807) is 18.2 Å². The lowest BCUT2D eigenvalue weighted by Crippen LogP contribution is -2.32. The van der Waals surface area contributed by atoms with E-state index in [1.165, 1.54) is 6.07 Å². The third kappa shape index (κ3) is 3.29. The van der Waals surface area contributed by atoms with Gasteiger partial charge < -0.3 is 10.5 Å². The van der Waals surface area contributed by atoms with Crippen molar-refractivity contribution in [3.63, 3.8) is 0 Å². The van der Waals surface area contributed by atoms with Crippen LogP contribution in [0.1, 0.15) is 31.2 Å². The Bertz CT molecular complexity index is 422. The first-order valence-corrected chi connectivity index (χ1v) is 6.32. The Kier molecular flexibility index (Phi) is 4.31. The van der Waals surface area contributed by atoms with Crippen LogP contribution >= 0.6 is 0 Å². The molecule has 0 heterocycles. The van der Waals surface area contributed by atoms with Crippen molar-refractivity contribution in [2.24, 2.45) is 11.7 Å². The largest absolute Gasteiger partial charge is 0.460 e. The summed E-state index contributed by atoms with van der Waals surface area (Å²) in [4.78, 5) is 11.8. The Morgan fingerprint density at radius 3 is 2.89 bits per heavy atom. The third-order valence-electron chi connectivity index (χ3n) is 3.38. The zero-order valence-corrected chi connectivity index (χ0v) is 10.3. The summed E-state index contributed by atoms with van der Waals surface area (Å²) >= 11 is 0. The standard InChI is InChI=1S/C14H18FNO2/c15-13-7-2-1-4-11(13)9-18-14(17)10-5-3-6-12(16)8-10/h1-2,4,7,10,12H,3,5-6,8-9,16H2. The predicted molar refractivity (Wildman–Crippen MR) is 66.1 cm³/mol. The lowest BCUT2D eigenvalue weighted by molar-refractivity contribution is -0.151. The van der Waals surface area contributed by atoms with E-state index in [-0.39, 0.29) is 30.4 Å². The Labute approximate surface area is 106 Å². The van der Waals surface area contributed by atoms with Crippen molar-refractivity contribution < 1.29 is 13.9 Å². The van der Waals surface area contributed by atoms with Crippen LogP contribution in [0.15, 0.2) is 24.3 Å². The molecule has 2 N–H and O–H groups in total. The summed E-state index contributed by atoms with van der Waals surface area (Å²) in [6, 6.07) is 6.41. The van der Waals surface area contributed by atoms with E-state index in [0.29, 0.717) is 12.0 Å². The highest BCUT2D eigenvalue weighted by Crippen LogP contribution is 2.24. The fraction of sp³-hybridized carbons (Fsp3) is 0.500. The summed E-state index contributed by atoms with van der Waals surface area (Å²) in [7, 11) is 0. The molecule has 18 heavy (non-hydrogen) atoms. The van der Waals surface area contributed by atoms with Crippen LogP contribution in [-0.2, 0) is 16.1 Å². The smallest absolute Gasteiger partial charge is 0.309 e. The van der Waals surface area contributed by atoms with Crippen molar-refractivity contribution in [1.29, 1.82) is 0 Å². The van der Waals surface area contributed by atoms with Gasteiger partial charge in [-0.3, -0.25) is 4.79 Å². The van der Waals surface area contributed by atoms with Gasteiger partial charge in [0.25, 0.3) is 0 Å². The van der Waals surface area contributed by atoms with Crippen molar-refractivity contribution >= 4 is 5.97 Å². The maximum atomic E-state index is 13.3. The van der Waals surface area contributed by atoms with Crippen LogP contribution in [0.25, 0.3) is 0 Å². The normalized spacial score (nSPS) is 23.7. The van der Waals surface area contributed by atoms with E-state index in [9.17, 15) is 9.18 Å². The zero-order chi connectivity index (χ0) is 13.0. The quantitative estimate of drug-likeness (QED) is 0.839. The fourth-order valence-corrected chi connectivity index (χ4v) is 2.32. The van der Waals surface area contributed by atoms with E-state index in [4.69, 9.17) is 10.5 Å². The lowest BCUT2D eigenvalue weighted by Gasteiger charge is -2.24. The molecule has 1 fully saturated rings. The maximum Gasteiger partial charge on any atom is 0.309 e. The van der Waals surface area contributed by atoms with E-state index in [1.807, 2.05) is 0 Å². The highest BCUT2D eigenvalue weighted by molar-refractivity contribution is 5.72. The summed E-state index contributed by atoms with van der Waals surface area (Å²) in [6.45, 7) is -0.00273. The second kappa shape index (κ2) is 5.96. The van der Waals surface area contributed by atoms with Gasteiger partial charge in [0.2, 0.25) is 0 Å². The highest BCUT2D eigenvalue weighted by Gasteiger charge is 2.26. The van der Waals surface area contributed by atoms with Gasteiger partial charge in [0.1, 0.15) is 12.4 Å². The van der Waals surface area contributed by atoms with Crippen molar-refractivity contribution in [2.45, 2.75) is 38.3 Å². The lowest BCUT2D eigenvalue weighted by atomic mass is 9.86. The molecule has 98 valence electrons. The van der Waals surface area contributed by atoms with Gasteiger partial charge in [-0.1, -0.05) is 24.6 Å². The summed E-state index contributed by atoms with van der Waals surface area (Å²) in [6.07, 6.45) is 3.43. The average Bonchev–Trinajstić information content (AvgIpc) is 2.37. The number of hydrogen-bond acceptors (Lipinski definition) is 3. The number of nitrogens with two attached hydrogens (primary N) is 1.